The first kappa shape index (κ1) is 17.4. The molecule has 0 fully saturated rings. The van der Waals surface area contributed by atoms with Gasteiger partial charge in [0.1, 0.15) is 5.82 Å². The molecular formula is C17H16F2N2O3. The van der Waals surface area contributed by atoms with Crippen LogP contribution in [0.5, 0.6) is 5.75 Å². The van der Waals surface area contributed by atoms with Gasteiger partial charge in [-0.15, -0.1) is 0 Å². The largest absolute Gasteiger partial charge is 0.494 e. The Kier molecular flexibility index (Phi) is 5.47. The predicted molar refractivity (Wildman–Crippen MR) is 84.8 cm³/mol. The second-order valence-electron chi connectivity index (χ2n) is 5.03. The lowest BCUT2D eigenvalue weighted by atomic mass is 10.1. The van der Waals surface area contributed by atoms with E-state index in [1.54, 1.807) is 6.07 Å². The summed E-state index contributed by atoms with van der Waals surface area (Å²) in [5.41, 5.74) is 0.597. The lowest BCUT2D eigenvalue weighted by molar-refractivity contribution is -0.114. The van der Waals surface area contributed by atoms with Gasteiger partial charge in [-0.3, -0.25) is 9.59 Å². The van der Waals surface area contributed by atoms with E-state index < -0.39 is 17.5 Å². The van der Waals surface area contributed by atoms with Gasteiger partial charge in [0.2, 0.25) is 5.91 Å². The number of benzene rings is 2. The van der Waals surface area contributed by atoms with Crippen LogP contribution in [0.2, 0.25) is 0 Å². The Morgan fingerprint density at radius 3 is 2.46 bits per heavy atom. The third kappa shape index (κ3) is 4.28. The fraction of sp³-hybridized carbons (Fsp3) is 0.176. The second kappa shape index (κ2) is 7.54. The van der Waals surface area contributed by atoms with E-state index in [-0.39, 0.29) is 23.8 Å². The van der Waals surface area contributed by atoms with Crippen LogP contribution in [0.15, 0.2) is 36.4 Å². The Morgan fingerprint density at radius 2 is 1.83 bits per heavy atom. The van der Waals surface area contributed by atoms with Crippen LogP contribution in [-0.2, 0) is 11.3 Å². The van der Waals surface area contributed by atoms with Crippen LogP contribution < -0.4 is 15.4 Å². The number of rotatable bonds is 5. The van der Waals surface area contributed by atoms with Gasteiger partial charge in [-0.1, -0.05) is 6.07 Å². The zero-order valence-corrected chi connectivity index (χ0v) is 13.2. The van der Waals surface area contributed by atoms with Crippen molar-refractivity contribution in [3.05, 3.63) is 59.2 Å². The number of carbonyl (C=O) groups is 2. The van der Waals surface area contributed by atoms with Crippen LogP contribution in [0.3, 0.4) is 0 Å². The lowest BCUT2D eigenvalue weighted by Crippen LogP contribution is -2.24. The number of halogens is 2. The normalized spacial score (nSPS) is 10.2. The van der Waals surface area contributed by atoms with Crippen molar-refractivity contribution >= 4 is 17.5 Å². The van der Waals surface area contributed by atoms with E-state index in [0.29, 0.717) is 11.3 Å². The van der Waals surface area contributed by atoms with Crippen molar-refractivity contribution < 1.29 is 23.1 Å². The molecule has 2 rings (SSSR count). The summed E-state index contributed by atoms with van der Waals surface area (Å²) < 4.78 is 32.2. The summed E-state index contributed by atoms with van der Waals surface area (Å²) in [6.45, 7) is 1.32. The molecule has 5 nitrogen and oxygen atoms in total. The quantitative estimate of drug-likeness (QED) is 0.883. The van der Waals surface area contributed by atoms with Crippen molar-refractivity contribution in [3.8, 4) is 5.75 Å². The standard InChI is InChI=1S/C17H16F2N2O3/c1-10(22)21-12-4-5-14(18)13(8-12)17(23)20-9-11-3-6-16(24-2)15(19)7-11/h3-8H,9H2,1-2H3,(H,20,23)(H,21,22). The Balaban J connectivity index is 2.09. The van der Waals surface area contributed by atoms with Gasteiger partial charge in [-0.25, -0.2) is 8.78 Å². The number of carbonyl (C=O) groups excluding carboxylic acids is 2. The summed E-state index contributed by atoms with van der Waals surface area (Å²) in [6.07, 6.45) is 0. The highest BCUT2D eigenvalue weighted by molar-refractivity contribution is 5.97. The van der Waals surface area contributed by atoms with E-state index in [2.05, 4.69) is 10.6 Å². The fourth-order valence-electron chi connectivity index (χ4n) is 2.08. The minimum Gasteiger partial charge on any atom is -0.494 e. The maximum absolute atomic E-state index is 13.8. The second-order valence-corrected chi connectivity index (χ2v) is 5.03. The number of hydrogen-bond acceptors (Lipinski definition) is 3. The van der Waals surface area contributed by atoms with Gasteiger partial charge in [-0.05, 0) is 35.9 Å². The van der Waals surface area contributed by atoms with E-state index >= 15 is 0 Å². The zero-order valence-electron chi connectivity index (χ0n) is 13.2. The molecule has 0 unspecified atom stereocenters. The van der Waals surface area contributed by atoms with Gasteiger partial charge in [0, 0.05) is 19.2 Å². The van der Waals surface area contributed by atoms with Gasteiger partial charge < -0.3 is 15.4 Å². The van der Waals surface area contributed by atoms with Gasteiger partial charge in [0.05, 0.1) is 12.7 Å². The van der Waals surface area contributed by atoms with Gasteiger partial charge in [-0.2, -0.15) is 0 Å². The topological polar surface area (TPSA) is 67.4 Å². The van der Waals surface area contributed by atoms with Crippen molar-refractivity contribution in [2.75, 3.05) is 12.4 Å². The summed E-state index contributed by atoms with van der Waals surface area (Å²) in [7, 11) is 1.35. The molecule has 2 amide bonds. The summed E-state index contributed by atoms with van der Waals surface area (Å²) in [5, 5.41) is 4.97. The first-order chi connectivity index (χ1) is 11.4. The molecule has 7 heteroatoms. The third-order valence-electron chi connectivity index (χ3n) is 3.20. The average Bonchev–Trinajstić information content (AvgIpc) is 2.54. The molecule has 0 aliphatic heterocycles. The number of nitrogens with one attached hydrogen (secondary N) is 2. The minimum atomic E-state index is -0.720. The molecule has 0 aliphatic rings. The van der Waals surface area contributed by atoms with Gasteiger partial charge in [0.25, 0.3) is 5.91 Å². The minimum absolute atomic E-state index is 0.0174. The van der Waals surface area contributed by atoms with Crippen LogP contribution in [0.4, 0.5) is 14.5 Å². The molecule has 2 aromatic rings. The van der Waals surface area contributed by atoms with Crippen molar-refractivity contribution in [1.82, 2.24) is 5.32 Å². The molecular weight excluding hydrogens is 318 g/mol. The maximum Gasteiger partial charge on any atom is 0.254 e. The number of methoxy groups -OCH3 is 1. The third-order valence-corrected chi connectivity index (χ3v) is 3.20. The molecule has 24 heavy (non-hydrogen) atoms. The molecule has 0 saturated heterocycles. The van der Waals surface area contributed by atoms with Crippen LogP contribution >= 0.6 is 0 Å². The molecule has 0 atom stereocenters. The molecule has 0 aromatic heterocycles. The Morgan fingerprint density at radius 1 is 1.08 bits per heavy atom. The number of amides is 2. The number of anilines is 1. The highest BCUT2D eigenvalue weighted by atomic mass is 19.1. The zero-order chi connectivity index (χ0) is 17.7. The lowest BCUT2D eigenvalue weighted by Gasteiger charge is -2.09. The van der Waals surface area contributed by atoms with Crippen molar-refractivity contribution in [3.63, 3.8) is 0 Å². The van der Waals surface area contributed by atoms with E-state index in [1.165, 1.54) is 38.3 Å². The molecule has 2 aromatic carbocycles. The smallest absolute Gasteiger partial charge is 0.254 e. The van der Waals surface area contributed by atoms with E-state index in [0.717, 1.165) is 6.07 Å². The molecule has 0 bridgehead atoms. The van der Waals surface area contributed by atoms with Crippen molar-refractivity contribution in [2.24, 2.45) is 0 Å². The maximum atomic E-state index is 13.8. The summed E-state index contributed by atoms with van der Waals surface area (Å²) in [5.74, 6) is -2.18. The molecule has 0 spiro atoms. The SMILES string of the molecule is COc1ccc(CNC(=O)c2cc(NC(C)=O)ccc2F)cc1F. The Hall–Kier alpha value is -2.96. The first-order valence-electron chi connectivity index (χ1n) is 7.08. The van der Waals surface area contributed by atoms with Crippen molar-refractivity contribution in [1.29, 1.82) is 0 Å². The summed E-state index contributed by atoms with van der Waals surface area (Å²) >= 11 is 0. The molecule has 0 heterocycles. The fourth-order valence-corrected chi connectivity index (χ4v) is 2.08. The van der Waals surface area contributed by atoms with Crippen LogP contribution in [0, 0.1) is 11.6 Å². The molecule has 126 valence electrons. The monoisotopic (exact) mass is 334 g/mol. The van der Waals surface area contributed by atoms with E-state index in [9.17, 15) is 18.4 Å². The van der Waals surface area contributed by atoms with E-state index in [4.69, 9.17) is 4.74 Å². The van der Waals surface area contributed by atoms with E-state index in [1.807, 2.05) is 0 Å². The highest BCUT2D eigenvalue weighted by Gasteiger charge is 2.13. The Labute approximate surface area is 137 Å². The van der Waals surface area contributed by atoms with Gasteiger partial charge in [0.15, 0.2) is 11.6 Å². The molecule has 0 saturated carbocycles. The van der Waals surface area contributed by atoms with Gasteiger partial charge >= 0.3 is 0 Å². The summed E-state index contributed by atoms with van der Waals surface area (Å²) in [4.78, 5) is 23.1. The van der Waals surface area contributed by atoms with Crippen LogP contribution in [0.25, 0.3) is 0 Å². The number of ether oxygens (including phenoxy) is 1. The van der Waals surface area contributed by atoms with Crippen LogP contribution in [0.1, 0.15) is 22.8 Å². The Bertz CT molecular complexity index is 778. The molecule has 2 N–H and O–H groups in total. The average molecular weight is 334 g/mol. The summed E-state index contributed by atoms with van der Waals surface area (Å²) in [6, 6.07) is 7.94. The number of hydrogen-bond donors (Lipinski definition) is 2. The van der Waals surface area contributed by atoms with Crippen LogP contribution in [-0.4, -0.2) is 18.9 Å². The molecule has 0 aliphatic carbocycles. The predicted octanol–water partition coefficient (Wildman–Crippen LogP) is 2.86. The van der Waals surface area contributed by atoms with Crippen molar-refractivity contribution in [2.45, 2.75) is 13.5 Å². The first-order valence-corrected chi connectivity index (χ1v) is 7.08. The molecule has 0 radical (unpaired) electrons. The highest BCUT2D eigenvalue weighted by Crippen LogP contribution is 2.18.